The number of carbonyl (C=O) groups is 1. The third-order valence-corrected chi connectivity index (χ3v) is 6.65. The molecule has 4 rings (SSSR count). The van der Waals surface area contributed by atoms with Gasteiger partial charge in [0, 0.05) is 29.3 Å². The lowest BCUT2D eigenvalue weighted by atomic mass is 10.1. The van der Waals surface area contributed by atoms with Gasteiger partial charge in [-0.15, -0.1) is 10.2 Å². The Bertz CT molecular complexity index is 1400. The van der Waals surface area contributed by atoms with Gasteiger partial charge in [0.15, 0.2) is 11.0 Å². The first-order chi connectivity index (χ1) is 17.9. The molecular weight excluding hydrogens is 492 g/mol. The molecule has 0 bridgehead atoms. The van der Waals surface area contributed by atoms with Gasteiger partial charge < -0.3 is 15.4 Å². The van der Waals surface area contributed by atoms with Crippen LogP contribution in [0.5, 0.6) is 5.75 Å². The number of aryl methyl sites for hydroxylation is 2. The number of ether oxygens (including phenoxy) is 1. The van der Waals surface area contributed by atoms with Gasteiger partial charge in [0.1, 0.15) is 5.75 Å². The molecule has 4 aromatic rings. The first-order valence-electron chi connectivity index (χ1n) is 11.4. The molecule has 0 unspecified atom stereocenters. The third kappa shape index (κ3) is 6.25. The highest BCUT2D eigenvalue weighted by molar-refractivity contribution is 7.98. The maximum atomic E-state index is 12.7. The van der Waals surface area contributed by atoms with Crippen LogP contribution >= 0.6 is 11.8 Å². The van der Waals surface area contributed by atoms with Crippen LogP contribution in [0, 0.1) is 24.0 Å². The molecule has 0 atom stereocenters. The Hall–Kier alpha value is -4.38. The number of hydrogen-bond acceptors (Lipinski definition) is 7. The summed E-state index contributed by atoms with van der Waals surface area (Å²) in [6.45, 7) is 3.96. The molecule has 0 saturated heterocycles. The number of anilines is 1. The van der Waals surface area contributed by atoms with Gasteiger partial charge in [0.25, 0.3) is 5.69 Å². The van der Waals surface area contributed by atoms with Crippen LogP contribution in [0.1, 0.15) is 22.5 Å². The van der Waals surface area contributed by atoms with E-state index < -0.39 is 4.92 Å². The molecule has 0 aliphatic carbocycles. The van der Waals surface area contributed by atoms with Gasteiger partial charge in [0.05, 0.1) is 18.6 Å². The van der Waals surface area contributed by atoms with Crippen molar-refractivity contribution in [3.63, 3.8) is 0 Å². The number of thioether (sulfide) groups is 1. The summed E-state index contributed by atoms with van der Waals surface area (Å²) in [5.41, 5.74) is 4.34. The molecule has 2 amide bonds. The van der Waals surface area contributed by atoms with Gasteiger partial charge in [-0.2, -0.15) is 0 Å². The zero-order valence-electron chi connectivity index (χ0n) is 20.6. The maximum absolute atomic E-state index is 12.7. The topological polar surface area (TPSA) is 124 Å². The number of urea groups is 1. The van der Waals surface area contributed by atoms with Crippen molar-refractivity contribution in [1.82, 2.24) is 20.1 Å². The van der Waals surface area contributed by atoms with E-state index in [1.54, 1.807) is 23.8 Å². The number of non-ortho nitro benzene ring substituents is 1. The molecule has 190 valence electrons. The summed E-state index contributed by atoms with van der Waals surface area (Å²) >= 11 is 1.46. The number of nitro benzene ring substituents is 1. The first kappa shape index (κ1) is 25.7. The number of nitrogens with one attached hydrogen (secondary N) is 2. The smallest absolute Gasteiger partial charge is 0.319 e. The number of amides is 2. The lowest BCUT2D eigenvalue weighted by Gasteiger charge is -2.13. The normalized spacial score (nSPS) is 10.7. The molecule has 1 heterocycles. The van der Waals surface area contributed by atoms with Crippen LogP contribution in [0.3, 0.4) is 0 Å². The SMILES string of the molecule is COc1cccc(CSc2nnc(CNC(=O)Nc3c(C)cccc3C)n2-c2ccc([N+](=O)[O-])cc2)c1. The number of nitro groups is 1. The minimum Gasteiger partial charge on any atom is -0.497 e. The fourth-order valence-corrected chi connectivity index (χ4v) is 4.64. The highest BCUT2D eigenvalue weighted by atomic mass is 32.2. The van der Waals surface area contributed by atoms with E-state index in [0.717, 1.165) is 28.1 Å². The summed E-state index contributed by atoms with van der Waals surface area (Å²) in [5.74, 6) is 1.84. The first-order valence-corrected chi connectivity index (χ1v) is 12.4. The summed E-state index contributed by atoms with van der Waals surface area (Å²) in [7, 11) is 1.62. The Morgan fingerprint density at radius 2 is 1.76 bits per heavy atom. The molecule has 0 aliphatic heterocycles. The lowest BCUT2D eigenvalue weighted by molar-refractivity contribution is -0.384. The highest BCUT2D eigenvalue weighted by Gasteiger charge is 2.17. The van der Waals surface area contributed by atoms with E-state index in [0.29, 0.717) is 22.4 Å². The predicted octanol–water partition coefficient (Wildman–Crippen LogP) is 5.41. The third-order valence-electron chi connectivity index (χ3n) is 5.65. The van der Waals surface area contributed by atoms with Gasteiger partial charge >= 0.3 is 6.03 Å². The fourth-order valence-electron chi connectivity index (χ4n) is 3.73. The van der Waals surface area contributed by atoms with Gasteiger partial charge in [0.2, 0.25) is 0 Å². The van der Waals surface area contributed by atoms with E-state index in [2.05, 4.69) is 20.8 Å². The second-order valence-electron chi connectivity index (χ2n) is 8.22. The van der Waals surface area contributed by atoms with Crippen LogP contribution < -0.4 is 15.4 Å². The largest absolute Gasteiger partial charge is 0.497 e. The van der Waals surface area contributed by atoms with Crippen molar-refractivity contribution in [1.29, 1.82) is 0 Å². The molecule has 37 heavy (non-hydrogen) atoms. The van der Waals surface area contributed by atoms with E-state index in [4.69, 9.17) is 4.74 Å². The van der Waals surface area contributed by atoms with Crippen LogP contribution in [0.25, 0.3) is 5.69 Å². The number of methoxy groups -OCH3 is 1. The summed E-state index contributed by atoms with van der Waals surface area (Å²) in [6.07, 6.45) is 0. The summed E-state index contributed by atoms with van der Waals surface area (Å²) < 4.78 is 7.09. The van der Waals surface area contributed by atoms with E-state index in [1.807, 2.05) is 56.3 Å². The van der Waals surface area contributed by atoms with E-state index in [9.17, 15) is 14.9 Å². The van der Waals surface area contributed by atoms with Crippen LogP contribution in [0.2, 0.25) is 0 Å². The number of hydrogen-bond donors (Lipinski definition) is 2. The van der Waals surface area contributed by atoms with Crippen molar-refractivity contribution >= 4 is 29.2 Å². The Morgan fingerprint density at radius 1 is 1.05 bits per heavy atom. The Morgan fingerprint density at radius 3 is 2.43 bits per heavy atom. The van der Waals surface area contributed by atoms with Gasteiger partial charge in [-0.05, 0) is 54.8 Å². The number of carbonyl (C=O) groups excluding carboxylic acids is 1. The molecule has 0 aliphatic rings. The molecule has 11 heteroatoms. The van der Waals surface area contributed by atoms with Crippen LogP contribution in [-0.4, -0.2) is 32.8 Å². The number of aromatic nitrogens is 3. The van der Waals surface area contributed by atoms with E-state index in [1.165, 1.54) is 23.9 Å². The molecule has 10 nitrogen and oxygen atoms in total. The highest BCUT2D eigenvalue weighted by Crippen LogP contribution is 2.27. The van der Waals surface area contributed by atoms with Crippen LogP contribution in [-0.2, 0) is 12.3 Å². The zero-order valence-corrected chi connectivity index (χ0v) is 21.4. The second-order valence-corrected chi connectivity index (χ2v) is 9.16. The van der Waals surface area contributed by atoms with Crippen LogP contribution in [0.15, 0.2) is 71.9 Å². The number of rotatable bonds is 9. The van der Waals surface area contributed by atoms with Gasteiger partial charge in [-0.3, -0.25) is 14.7 Å². The molecular formula is C26H26N6O4S. The molecule has 0 spiro atoms. The zero-order chi connectivity index (χ0) is 26.4. The minimum atomic E-state index is -0.450. The molecule has 0 fully saturated rings. The average Bonchev–Trinajstić information content (AvgIpc) is 3.31. The molecule has 0 radical (unpaired) electrons. The van der Waals surface area contributed by atoms with Crippen molar-refractivity contribution in [2.45, 2.75) is 31.3 Å². The molecule has 3 aromatic carbocycles. The average molecular weight is 519 g/mol. The fraction of sp³-hybridized carbons (Fsp3) is 0.192. The Balaban J connectivity index is 1.56. The van der Waals surface area contributed by atoms with E-state index >= 15 is 0 Å². The van der Waals surface area contributed by atoms with Gasteiger partial charge in [-0.1, -0.05) is 42.1 Å². The molecule has 2 N–H and O–H groups in total. The van der Waals surface area contributed by atoms with Crippen molar-refractivity contribution in [3.05, 3.63) is 99.4 Å². The second kappa shape index (κ2) is 11.6. The van der Waals surface area contributed by atoms with Crippen molar-refractivity contribution in [2.75, 3.05) is 12.4 Å². The summed E-state index contributed by atoms with van der Waals surface area (Å²) in [5, 5.41) is 26.1. The quantitative estimate of drug-likeness (QED) is 0.172. The van der Waals surface area contributed by atoms with Gasteiger partial charge in [-0.25, -0.2) is 4.79 Å². The maximum Gasteiger partial charge on any atom is 0.319 e. The molecule has 1 aromatic heterocycles. The minimum absolute atomic E-state index is 0.0185. The Labute approximate surface area is 218 Å². The van der Waals surface area contributed by atoms with Crippen LogP contribution in [0.4, 0.5) is 16.2 Å². The number of benzene rings is 3. The molecule has 0 saturated carbocycles. The predicted molar refractivity (Wildman–Crippen MR) is 142 cm³/mol. The Kier molecular flexibility index (Phi) is 8.04. The standard InChI is InChI=1S/C26H26N6O4S/c1-17-6-4-7-18(2)24(17)28-25(33)27-15-23-29-30-26(37-16-19-8-5-9-22(14-19)36-3)31(23)20-10-12-21(13-11-20)32(34)35/h4-14H,15-16H2,1-3H3,(H2,27,28,33). The summed E-state index contributed by atoms with van der Waals surface area (Å²) in [4.78, 5) is 23.3. The van der Waals surface area contributed by atoms with Crippen molar-refractivity contribution < 1.29 is 14.5 Å². The monoisotopic (exact) mass is 518 g/mol. The summed E-state index contributed by atoms with van der Waals surface area (Å²) in [6, 6.07) is 19.3. The van der Waals surface area contributed by atoms with E-state index in [-0.39, 0.29) is 18.3 Å². The number of nitrogens with zero attached hydrogens (tertiary/aromatic N) is 4. The lowest BCUT2D eigenvalue weighted by Crippen LogP contribution is -2.30. The van der Waals surface area contributed by atoms with Crippen molar-refractivity contribution in [2.24, 2.45) is 0 Å². The van der Waals surface area contributed by atoms with Crippen molar-refractivity contribution in [3.8, 4) is 11.4 Å². The number of para-hydroxylation sites is 1.